The first-order valence-electron chi connectivity index (χ1n) is 7.11. The molecule has 0 saturated heterocycles. The van der Waals surface area contributed by atoms with Crippen LogP contribution in [0.2, 0.25) is 0 Å². The largest absolute Gasteiger partial charge is 0.328 e. The predicted molar refractivity (Wildman–Crippen MR) is 73.6 cm³/mol. The molecule has 0 fully saturated rings. The van der Waals surface area contributed by atoms with Crippen molar-refractivity contribution in [2.75, 3.05) is 6.61 Å². The van der Waals surface area contributed by atoms with Crippen molar-refractivity contribution in [1.82, 2.24) is 0 Å². The molecule has 0 aromatic rings. The number of hydrogen-bond donors (Lipinski definition) is 1. The summed E-state index contributed by atoms with van der Waals surface area (Å²) in [5, 5.41) is 22.8. The summed E-state index contributed by atoms with van der Waals surface area (Å²) >= 11 is 0. The third kappa shape index (κ3) is 29.9. The highest BCUT2D eigenvalue weighted by atomic mass is 16.9. The molecule has 1 N–H and O–H groups in total. The van der Waals surface area contributed by atoms with Crippen LogP contribution in [0.5, 0.6) is 0 Å². The second kappa shape index (κ2) is 17.4. The summed E-state index contributed by atoms with van der Waals surface area (Å²) in [6, 6.07) is 0. The number of rotatable bonds is 12. The van der Waals surface area contributed by atoms with E-state index in [1.807, 2.05) is 0 Å². The van der Waals surface area contributed by atoms with Crippen molar-refractivity contribution in [3.8, 4) is 0 Å². The molecule has 0 radical (unpaired) electrons. The van der Waals surface area contributed by atoms with E-state index < -0.39 is 10.2 Å². The zero-order chi connectivity index (χ0) is 15.6. The van der Waals surface area contributed by atoms with Gasteiger partial charge in [-0.1, -0.05) is 64.7 Å². The van der Waals surface area contributed by atoms with Crippen molar-refractivity contribution in [3.05, 3.63) is 20.2 Å². The highest BCUT2D eigenvalue weighted by Gasteiger charge is 1.95. The average molecular weight is 294 g/mol. The Hall–Kier alpha value is -1.60. The zero-order valence-electron chi connectivity index (χ0n) is 12.2. The van der Waals surface area contributed by atoms with Gasteiger partial charge in [0.15, 0.2) is 0 Å². The van der Waals surface area contributed by atoms with E-state index in [0.717, 1.165) is 12.8 Å². The van der Waals surface area contributed by atoms with E-state index >= 15 is 0 Å². The Bertz CT molecular complexity index is 234. The summed E-state index contributed by atoms with van der Waals surface area (Å²) in [4.78, 5) is 22.4. The van der Waals surface area contributed by atoms with Gasteiger partial charge in [-0.3, -0.25) is 0 Å². The van der Waals surface area contributed by atoms with Gasteiger partial charge in [0.25, 0.3) is 10.2 Å². The number of nitrogens with zero attached hydrogens (tertiary/aromatic N) is 2. The molecular weight excluding hydrogens is 268 g/mol. The topological polar surface area (TPSA) is 116 Å². The van der Waals surface area contributed by atoms with Crippen LogP contribution in [-0.2, 0) is 4.84 Å². The fourth-order valence-corrected chi connectivity index (χ4v) is 1.73. The van der Waals surface area contributed by atoms with Gasteiger partial charge in [-0.25, -0.2) is 0 Å². The van der Waals surface area contributed by atoms with Crippen LogP contribution < -0.4 is 0 Å². The molecule has 0 aliphatic heterocycles. The van der Waals surface area contributed by atoms with Gasteiger partial charge in [-0.05, 0) is 6.42 Å². The van der Waals surface area contributed by atoms with Crippen LogP contribution in [0.1, 0.15) is 71.1 Å². The summed E-state index contributed by atoms with van der Waals surface area (Å²) in [5.74, 6) is 0. The highest BCUT2D eigenvalue weighted by molar-refractivity contribution is 4.46. The first kappa shape index (κ1) is 20.7. The molecule has 0 heterocycles. The molecule has 0 aliphatic rings. The molecule has 0 saturated carbocycles. The van der Waals surface area contributed by atoms with Crippen molar-refractivity contribution in [2.45, 2.75) is 71.1 Å². The SMILES string of the molecule is CCCCCCCCCCCCO[N+](=O)[O-].O=[N+]([O-])O. The Kier molecular flexibility index (Phi) is 18.0. The summed E-state index contributed by atoms with van der Waals surface area (Å²) in [6.45, 7) is 2.48. The van der Waals surface area contributed by atoms with E-state index in [1.54, 1.807) is 0 Å². The molecule has 0 aromatic carbocycles. The molecule has 0 aliphatic carbocycles. The van der Waals surface area contributed by atoms with E-state index in [1.165, 1.54) is 51.4 Å². The van der Waals surface area contributed by atoms with Gasteiger partial charge < -0.3 is 10.0 Å². The molecule has 8 nitrogen and oxygen atoms in total. The maximum Gasteiger partial charge on any atom is 0.294 e. The molecule has 20 heavy (non-hydrogen) atoms. The van der Waals surface area contributed by atoms with Gasteiger partial charge in [0.2, 0.25) is 0 Å². The fraction of sp³-hybridized carbons (Fsp3) is 1.00. The van der Waals surface area contributed by atoms with Crippen LogP contribution in [0.4, 0.5) is 0 Å². The van der Waals surface area contributed by atoms with E-state index in [4.69, 9.17) is 15.3 Å². The summed E-state index contributed by atoms with van der Waals surface area (Å²) in [7, 11) is 0. The first-order valence-corrected chi connectivity index (χ1v) is 7.11. The Morgan fingerprint density at radius 1 is 0.850 bits per heavy atom. The van der Waals surface area contributed by atoms with Crippen LogP contribution in [0, 0.1) is 20.2 Å². The molecule has 0 amide bonds. The minimum atomic E-state index is -1.50. The lowest BCUT2D eigenvalue weighted by Crippen LogP contribution is -2.01. The third-order valence-corrected chi connectivity index (χ3v) is 2.69. The Labute approximate surface area is 119 Å². The smallest absolute Gasteiger partial charge is 0.294 e. The molecule has 0 rings (SSSR count). The molecule has 8 heteroatoms. The maximum atomic E-state index is 9.84. The quantitative estimate of drug-likeness (QED) is 0.332. The third-order valence-electron chi connectivity index (χ3n) is 2.69. The van der Waals surface area contributed by atoms with Crippen LogP contribution in [0.25, 0.3) is 0 Å². The van der Waals surface area contributed by atoms with E-state index in [-0.39, 0.29) is 6.61 Å². The molecule has 0 unspecified atom stereocenters. The van der Waals surface area contributed by atoms with E-state index in [9.17, 15) is 10.1 Å². The second-order valence-corrected chi connectivity index (χ2v) is 4.48. The molecule has 0 bridgehead atoms. The van der Waals surface area contributed by atoms with Crippen molar-refractivity contribution in [1.29, 1.82) is 0 Å². The lowest BCUT2D eigenvalue weighted by molar-refractivity contribution is -0.757. The molecule has 0 spiro atoms. The average Bonchev–Trinajstić information content (AvgIpc) is 2.35. The van der Waals surface area contributed by atoms with Crippen LogP contribution in [0.3, 0.4) is 0 Å². The van der Waals surface area contributed by atoms with Gasteiger partial charge in [-0.15, -0.1) is 20.2 Å². The molecule has 0 atom stereocenters. The first-order chi connectivity index (χ1) is 9.50. The van der Waals surface area contributed by atoms with Crippen LogP contribution in [0.15, 0.2) is 0 Å². The van der Waals surface area contributed by atoms with Crippen LogP contribution in [-0.4, -0.2) is 22.0 Å². The molecule has 0 aromatic heterocycles. The summed E-state index contributed by atoms with van der Waals surface area (Å²) in [5.41, 5.74) is 0. The van der Waals surface area contributed by atoms with Crippen molar-refractivity contribution in [2.24, 2.45) is 0 Å². The van der Waals surface area contributed by atoms with E-state index in [0.29, 0.717) is 0 Å². The minimum absolute atomic E-state index is 0.253. The van der Waals surface area contributed by atoms with Gasteiger partial charge in [0.05, 0.1) is 6.61 Å². The Morgan fingerprint density at radius 3 is 1.55 bits per heavy atom. The number of hydrogen-bond acceptors (Lipinski definition) is 5. The van der Waals surface area contributed by atoms with Crippen molar-refractivity contribution in [3.63, 3.8) is 0 Å². The van der Waals surface area contributed by atoms with Crippen LogP contribution >= 0.6 is 0 Å². The minimum Gasteiger partial charge on any atom is -0.328 e. The van der Waals surface area contributed by atoms with Gasteiger partial charge >= 0.3 is 0 Å². The van der Waals surface area contributed by atoms with Gasteiger partial charge in [0, 0.05) is 0 Å². The Morgan fingerprint density at radius 2 is 1.20 bits per heavy atom. The summed E-state index contributed by atoms with van der Waals surface area (Å²) in [6.07, 6.45) is 12.3. The normalized spacial score (nSPS) is 9.45. The second-order valence-electron chi connectivity index (χ2n) is 4.48. The predicted octanol–water partition coefficient (Wildman–Crippen LogP) is 3.77. The standard InChI is InChI=1S/C12H25NO3.HNO3/c1-2-3-4-5-6-7-8-9-10-11-12-16-13(14)15;2-1(3)4/h2-12H2,1H3;(H,2,3,4). The fourth-order valence-electron chi connectivity index (χ4n) is 1.73. The monoisotopic (exact) mass is 294 g/mol. The van der Waals surface area contributed by atoms with Crippen molar-refractivity contribution >= 4 is 0 Å². The number of unbranched alkanes of at least 4 members (excludes halogenated alkanes) is 9. The zero-order valence-corrected chi connectivity index (χ0v) is 12.2. The van der Waals surface area contributed by atoms with E-state index in [2.05, 4.69) is 11.8 Å². The maximum absolute atomic E-state index is 9.84. The van der Waals surface area contributed by atoms with Crippen molar-refractivity contribution < 1.29 is 20.2 Å². The van der Waals surface area contributed by atoms with Gasteiger partial charge in [-0.2, -0.15) is 0 Å². The Balaban J connectivity index is 0. The summed E-state index contributed by atoms with van der Waals surface area (Å²) < 4.78 is 0. The lowest BCUT2D eigenvalue weighted by Gasteiger charge is -2.01. The highest BCUT2D eigenvalue weighted by Crippen LogP contribution is 2.10. The molecule has 120 valence electrons. The molecular formula is C12H26N2O6. The van der Waals surface area contributed by atoms with Gasteiger partial charge in [0.1, 0.15) is 0 Å². The lowest BCUT2D eigenvalue weighted by atomic mass is 10.1.